The number of pyridine rings is 1. The van der Waals surface area contributed by atoms with Crippen LogP contribution in [0.15, 0.2) is 42.6 Å². The lowest BCUT2D eigenvalue weighted by Crippen LogP contribution is -2.08. The molecule has 0 saturated carbocycles. The minimum absolute atomic E-state index is 0.000185. The third kappa shape index (κ3) is 3.37. The quantitative estimate of drug-likeness (QED) is 0.929. The zero-order valence-electron chi connectivity index (χ0n) is 9.82. The number of nitrogens with two attached hydrogens (primary N) is 1. The minimum Gasteiger partial charge on any atom is -0.488 e. The Balaban J connectivity index is 2.16. The van der Waals surface area contributed by atoms with E-state index < -0.39 is 11.7 Å². The second kappa shape index (κ2) is 5.17. The summed E-state index contributed by atoms with van der Waals surface area (Å²) in [5.41, 5.74) is 5.34. The highest BCUT2D eigenvalue weighted by Crippen LogP contribution is 2.36. The molecule has 100 valence electrons. The summed E-state index contributed by atoms with van der Waals surface area (Å²) < 4.78 is 43.4. The molecular formula is C13H11F3N2O. The van der Waals surface area contributed by atoms with Crippen LogP contribution in [0.2, 0.25) is 0 Å². The number of para-hydroxylation sites is 1. The maximum absolute atomic E-state index is 12.7. The molecule has 1 aromatic heterocycles. The third-order valence-corrected chi connectivity index (χ3v) is 2.43. The van der Waals surface area contributed by atoms with Crippen molar-refractivity contribution in [2.75, 3.05) is 5.73 Å². The highest BCUT2D eigenvalue weighted by molar-refractivity contribution is 5.36. The molecule has 0 aliphatic carbocycles. The molecule has 1 heterocycles. The van der Waals surface area contributed by atoms with Crippen LogP contribution in [0.5, 0.6) is 5.75 Å². The normalized spacial score (nSPS) is 11.3. The Morgan fingerprint density at radius 3 is 2.58 bits per heavy atom. The fourth-order valence-electron chi connectivity index (χ4n) is 1.57. The summed E-state index contributed by atoms with van der Waals surface area (Å²) in [5.74, 6) is 0.0931. The van der Waals surface area contributed by atoms with Gasteiger partial charge in [-0.1, -0.05) is 12.1 Å². The first-order chi connectivity index (χ1) is 8.97. The molecule has 0 aliphatic rings. The van der Waals surface area contributed by atoms with Crippen molar-refractivity contribution in [3.05, 3.63) is 53.7 Å². The maximum atomic E-state index is 12.7. The van der Waals surface area contributed by atoms with Crippen molar-refractivity contribution in [1.29, 1.82) is 0 Å². The van der Waals surface area contributed by atoms with E-state index in [9.17, 15) is 13.2 Å². The number of rotatable bonds is 3. The molecule has 0 radical (unpaired) electrons. The first-order valence-corrected chi connectivity index (χ1v) is 5.46. The average Bonchev–Trinajstić information content (AvgIpc) is 2.36. The lowest BCUT2D eigenvalue weighted by atomic mass is 10.2. The summed E-state index contributed by atoms with van der Waals surface area (Å²) in [4.78, 5) is 3.79. The second-order valence-electron chi connectivity index (χ2n) is 3.87. The number of aromatic nitrogens is 1. The third-order valence-electron chi connectivity index (χ3n) is 2.43. The Labute approximate surface area is 107 Å². The van der Waals surface area contributed by atoms with E-state index in [1.54, 1.807) is 12.1 Å². The van der Waals surface area contributed by atoms with Crippen molar-refractivity contribution in [3.63, 3.8) is 0 Å². The van der Waals surface area contributed by atoms with Gasteiger partial charge in [0.25, 0.3) is 0 Å². The van der Waals surface area contributed by atoms with Crippen LogP contribution in [-0.4, -0.2) is 4.98 Å². The molecule has 3 nitrogen and oxygen atoms in total. The van der Waals surface area contributed by atoms with Crippen molar-refractivity contribution in [2.45, 2.75) is 12.8 Å². The number of alkyl halides is 3. The number of nitrogen functional groups attached to an aromatic ring is 1. The van der Waals surface area contributed by atoms with Gasteiger partial charge in [0.05, 0.1) is 5.56 Å². The molecule has 19 heavy (non-hydrogen) atoms. The van der Waals surface area contributed by atoms with Gasteiger partial charge in [-0.2, -0.15) is 13.2 Å². The number of hydrogen-bond acceptors (Lipinski definition) is 3. The van der Waals surface area contributed by atoms with Crippen LogP contribution >= 0.6 is 0 Å². The smallest absolute Gasteiger partial charge is 0.419 e. The van der Waals surface area contributed by atoms with Gasteiger partial charge < -0.3 is 10.5 Å². The van der Waals surface area contributed by atoms with Crippen molar-refractivity contribution in [2.24, 2.45) is 0 Å². The molecule has 2 aromatic rings. The van der Waals surface area contributed by atoms with E-state index in [0.29, 0.717) is 11.4 Å². The Hall–Kier alpha value is -2.24. The molecule has 2 rings (SSSR count). The van der Waals surface area contributed by atoms with Crippen LogP contribution in [0.4, 0.5) is 19.0 Å². The molecule has 0 unspecified atom stereocenters. The number of halogens is 3. The van der Waals surface area contributed by atoms with Gasteiger partial charge in [-0.3, -0.25) is 0 Å². The average molecular weight is 268 g/mol. The number of nitrogens with zero attached hydrogens (tertiary/aromatic N) is 1. The van der Waals surface area contributed by atoms with E-state index in [2.05, 4.69) is 4.98 Å². The zero-order chi connectivity index (χ0) is 13.9. The summed E-state index contributed by atoms with van der Waals surface area (Å²) in [6.07, 6.45) is -2.96. The molecule has 0 spiro atoms. The van der Waals surface area contributed by atoms with Gasteiger partial charge in [0.15, 0.2) is 0 Å². The summed E-state index contributed by atoms with van der Waals surface area (Å²) in [6, 6.07) is 8.26. The number of benzene rings is 1. The predicted molar refractivity (Wildman–Crippen MR) is 64.4 cm³/mol. The lowest BCUT2D eigenvalue weighted by molar-refractivity contribution is -0.139. The highest BCUT2D eigenvalue weighted by Gasteiger charge is 2.33. The predicted octanol–water partition coefficient (Wildman–Crippen LogP) is 3.26. The molecule has 0 aliphatic heterocycles. The van der Waals surface area contributed by atoms with Crippen molar-refractivity contribution < 1.29 is 17.9 Å². The fraction of sp³-hybridized carbons (Fsp3) is 0.154. The van der Waals surface area contributed by atoms with E-state index in [1.165, 1.54) is 24.4 Å². The maximum Gasteiger partial charge on any atom is 0.419 e. The monoisotopic (exact) mass is 268 g/mol. The minimum atomic E-state index is -4.44. The van der Waals surface area contributed by atoms with Gasteiger partial charge in [-0.05, 0) is 29.8 Å². The van der Waals surface area contributed by atoms with Crippen LogP contribution in [-0.2, 0) is 12.8 Å². The van der Waals surface area contributed by atoms with E-state index in [1.807, 2.05) is 0 Å². The fourth-order valence-corrected chi connectivity index (χ4v) is 1.57. The van der Waals surface area contributed by atoms with E-state index >= 15 is 0 Å². The first kappa shape index (κ1) is 13.2. The largest absolute Gasteiger partial charge is 0.488 e. The summed E-state index contributed by atoms with van der Waals surface area (Å²) in [7, 11) is 0. The molecule has 1 aromatic carbocycles. The van der Waals surface area contributed by atoms with Crippen molar-refractivity contribution >= 4 is 5.82 Å². The molecular weight excluding hydrogens is 257 g/mol. The summed E-state index contributed by atoms with van der Waals surface area (Å²) in [6.45, 7) is -0.000185. The number of hydrogen-bond donors (Lipinski definition) is 1. The Kier molecular flexibility index (Phi) is 3.59. The molecule has 0 bridgehead atoms. The molecule has 0 saturated heterocycles. The van der Waals surface area contributed by atoms with Crippen LogP contribution in [0, 0.1) is 0 Å². The van der Waals surface area contributed by atoms with Gasteiger partial charge in [0.1, 0.15) is 18.2 Å². The second-order valence-corrected chi connectivity index (χ2v) is 3.87. The van der Waals surface area contributed by atoms with Crippen LogP contribution < -0.4 is 10.5 Å². The van der Waals surface area contributed by atoms with E-state index in [4.69, 9.17) is 10.5 Å². The van der Waals surface area contributed by atoms with Crippen LogP contribution in [0.1, 0.15) is 11.1 Å². The number of anilines is 1. The SMILES string of the molecule is Nc1cc(COc2ccccc2C(F)(F)F)ccn1. The molecule has 0 fully saturated rings. The Morgan fingerprint density at radius 2 is 1.89 bits per heavy atom. The van der Waals surface area contributed by atoms with E-state index in [-0.39, 0.29) is 12.4 Å². The molecule has 6 heteroatoms. The van der Waals surface area contributed by atoms with Gasteiger partial charge >= 0.3 is 6.18 Å². The molecule has 2 N–H and O–H groups in total. The van der Waals surface area contributed by atoms with Gasteiger partial charge in [-0.15, -0.1) is 0 Å². The highest BCUT2D eigenvalue weighted by atomic mass is 19.4. The van der Waals surface area contributed by atoms with E-state index in [0.717, 1.165) is 6.07 Å². The summed E-state index contributed by atoms with van der Waals surface area (Å²) >= 11 is 0. The standard InChI is InChI=1S/C13H11F3N2O/c14-13(15,16)10-3-1-2-4-11(10)19-8-9-5-6-18-12(17)7-9/h1-7H,8H2,(H2,17,18). The Morgan fingerprint density at radius 1 is 1.16 bits per heavy atom. The Bertz CT molecular complexity index is 570. The van der Waals surface area contributed by atoms with Crippen LogP contribution in [0.25, 0.3) is 0 Å². The zero-order valence-corrected chi connectivity index (χ0v) is 9.82. The molecule has 0 atom stereocenters. The van der Waals surface area contributed by atoms with Crippen LogP contribution in [0.3, 0.4) is 0 Å². The van der Waals surface area contributed by atoms with Gasteiger partial charge in [0.2, 0.25) is 0 Å². The first-order valence-electron chi connectivity index (χ1n) is 5.46. The van der Waals surface area contributed by atoms with Crippen molar-refractivity contribution in [3.8, 4) is 5.75 Å². The van der Waals surface area contributed by atoms with Gasteiger partial charge in [-0.25, -0.2) is 4.98 Å². The lowest BCUT2D eigenvalue weighted by Gasteiger charge is -2.13. The topological polar surface area (TPSA) is 48.1 Å². The summed E-state index contributed by atoms with van der Waals surface area (Å²) in [5, 5.41) is 0. The van der Waals surface area contributed by atoms with Crippen molar-refractivity contribution in [1.82, 2.24) is 4.98 Å². The van der Waals surface area contributed by atoms with Gasteiger partial charge in [0, 0.05) is 6.20 Å². The number of ether oxygens (including phenoxy) is 1. The molecule has 0 amide bonds.